The highest BCUT2D eigenvalue weighted by Gasteiger charge is 2.23. The molecule has 6 aromatic rings. The first-order valence-electron chi connectivity index (χ1n) is 14.8. The Bertz CT molecular complexity index is 1700. The molecule has 0 aliphatic heterocycles. The summed E-state index contributed by atoms with van der Waals surface area (Å²) in [7, 11) is 0. The van der Waals surface area contributed by atoms with Crippen molar-refractivity contribution in [3.05, 3.63) is 139 Å². The van der Waals surface area contributed by atoms with E-state index in [1.165, 1.54) is 44.2 Å². The molecule has 6 aromatic carbocycles. The van der Waals surface area contributed by atoms with Crippen LogP contribution in [0.15, 0.2) is 133 Å². The molecular formula is C39H38N2. The van der Waals surface area contributed by atoms with E-state index in [0.717, 1.165) is 17.8 Å². The molecule has 0 bridgehead atoms. The Balaban J connectivity index is 1.59. The lowest BCUT2D eigenvalue weighted by Gasteiger charge is -2.32. The molecule has 0 N–H and O–H groups in total. The first kappa shape index (κ1) is 26.7. The van der Waals surface area contributed by atoms with E-state index in [1.54, 1.807) is 0 Å². The summed E-state index contributed by atoms with van der Waals surface area (Å²) in [5.74, 6) is 0.461. The second kappa shape index (κ2) is 11.5. The zero-order chi connectivity index (χ0) is 28.3. The van der Waals surface area contributed by atoms with Crippen LogP contribution in [0.5, 0.6) is 0 Å². The molecular weight excluding hydrogens is 496 g/mol. The normalized spacial score (nSPS) is 12.1. The lowest BCUT2D eigenvalue weighted by Crippen LogP contribution is -2.25. The maximum Gasteiger partial charge on any atom is 0.0618 e. The van der Waals surface area contributed by atoms with Gasteiger partial charge in [-0.15, -0.1) is 0 Å². The number of rotatable bonds is 8. The van der Waals surface area contributed by atoms with Gasteiger partial charge in [-0.1, -0.05) is 98.8 Å². The fraction of sp³-hybridized carbons (Fsp3) is 0.179. The maximum atomic E-state index is 2.44. The Kier molecular flexibility index (Phi) is 7.48. The second-order valence-electron chi connectivity index (χ2n) is 11.1. The van der Waals surface area contributed by atoms with Crippen LogP contribution in [-0.4, -0.2) is 6.04 Å². The summed E-state index contributed by atoms with van der Waals surface area (Å²) in [6.07, 6.45) is 1.10. The summed E-state index contributed by atoms with van der Waals surface area (Å²) in [6, 6.07) is 48.7. The highest BCUT2D eigenvalue weighted by Crippen LogP contribution is 2.47. The van der Waals surface area contributed by atoms with E-state index in [-0.39, 0.29) is 0 Å². The van der Waals surface area contributed by atoms with Gasteiger partial charge in [0.25, 0.3) is 0 Å². The summed E-state index contributed by atoms with van der Waals surface area (Å²) in [5.41, 5.74) is 7.35. The van der Waals surface area contributed by atoms with Crippen molar-refractivity contribution in [3.8, 4) is 0 Å². The maximum absolute atomic E-state index is 2.44. The number of nitrogens with zero attached hydrogens (tertiary/aromatic N) is 2. The number of benzene rings is 6. The average molecular weight is 535 g/mol. The first-order chi connectivity index (χ1) is 20.1. The Labute approximate surface area is 244 Å². The third kappa shape index (κ3) is 4.95. The number of anilines is 5. The van der Waals surface area contributed by atoms with E-state index < -0.39 is 0 Å². The minimum absolute atomic E-state index is 0.328. The summed E-state index contributed by atoms with van der Waals surface area (Å²) >= 11 is 0. The molecule has 0 fully saturated rings. The van der Waals surface area contributed by atoms with Crippen LogP contribution in [0.1, 0.15) is 45.6 Å². The molecule has 0 radical (unpaired) electrons. The van der Waals surface area contributed by atoms with Crippen LogP contribution in [0.4, 0.5) is 28.4 Å². The van der Waals surface area contributed by atoms with Crippen molar-refractivity contribution < 1.29 is 0 Å². The molecule has 0 saturated carbocycles. The van der Waals surface area contributed by atoms with E-state index in [4.69, 9.17) is 0 Å². The van der Waals surface area contributed by atoms with E-state index in [2.05, 4.69) is 171 Å². The van der Waals surface area contributed by atoms with Gasteiger partial charge in [0.05, 0.1) is 5.69 Å². The summed E-state index contributed by atoms with van der Waals surface area (Å²) in [5, 5.41) is 5.23. The molecule has 2 nitrogen and oxygen atoms in total. The topological polar surface area (TPSA) is 6.48 Å². The van der Waals surface area contributed by atoms with Gasteiger partial charge in [-0.25, -0.2) is 0 Å². The van der Waals surface area contributed by atoms with Gasteiger partial charge < -0.3 is 9.80 Å². The van der Waals surface area contributed by atoms with Crippen LogP contribution in [0.2, 0.25) is 0 Å². The lowest BCUT2D eigenvalue weighted by atomic mass is 9.86. The molecule has 0 spiro atoms. The number of hydrogen-bond donors (Lipinski definition) is 0. The van der Waals surface area contributed by atoms with E-state index in [1.807, 2.05) is 0 Å². The van der Waals surface area contributed by atoms with Crippen molar-refractivity contribution in [3.63, 3.8) is 0 Å². The number of fused-ring (bicyclic) bond motifs is 2. The van der Waals surface area contributed by atoms with Crippen molar-refractivity contribution in [2.45, 2.75) is 46.1 Å². The Morgan fingerprint density at radius 1 is 0.463 bits per heavy atom. The molecule has 1 unspecified atom stereocenters. The molecule has 0 amide bonds. The standard InChI is InChI=1S/C39H38N2/c1-5-29(4)38-34-20-12-14-22-36(34)39(37-23-15-13-21-35(37)38)41(31-18-10-7-11-19-31)33-26-24-32(25-27-33)40(28(2)3)30-16-8-6-9-17-30/h6-29H,5H2,1-4H3. The van der Waals surface area contributed by atoms with Gasteiger partial charge in [0.1, 0.15) is 0 Å². The lowest BCUT2D eigenvalue weighted by molar-refractivity contribution is 0.745. The quantitative estimate of drug-likeness (QED) is 0.179. The molecule has 0 heterocycles. The number of para-hydroxylation sites is 2. The summed E-state index contributed by atoms with van der Waals surface area (Å²) in [4.78, 5) is 4.83. The van der Waals surface area contributed by atoms with Gasteiger partial charge in [0.2, 0.25) is 0 Å². The van der Waals surface area contributed by atoms with Crippen LogP contribution in [0, 0.1) is 0 Å². The van der Waals surface area contributed by atoms with Gasteiger partial charge in [0.15, 0.2) is 0 Å². The van der Waals surface area contributed by atoms with Crippen molar-refractivity contribution in [2.75, 3.05) is 9.80 Å². The first-order valence-corrected chi connectivity index (χ1v) is 14.8. The van der Waals surface area contributed by atoms with Crippen LogP contribution in [-0.2, 0) is 0 Å². The van der Waals surface area contributed by atoms with Gasteiger partial charge in [-0.3, -0.25) is 0 Å². The SMILES string of the molecule is CCC(C)c1c2ccccc2c(N(c2ccccc2)c2ccc(N(c3ccccc3)C(C)C)cc2)c2ccccc12. The monoisotopic (exact) mass is 534 g/mol. The van der Waals surface area contributed by atoms with Gasteiger partial charge >= 0.3 is 0 Å². The predicted molar refractivity (Wildman–Crippen MR) is 179 cm³/mol. The van der Waals surface area contributed by atoms with Crippen LogP contribution < -0.4 is 9.80 Å². The zero-order valence-electron chi connectivity index (χ0n) is 24.5. The fourth-order valence-electron chi connectivity index (χ4n) is 6.20. The highest BCUT2D eigenvalue weighted by molar-refractivity contribution is 6.16. The predicted octanol–water partition coefficient (Wildman–Crippen LogP) is 11.5. The molecule has 0 saturated heterocycles. The second-order valence-corrected chi connectivity index (χ2v) is 11.1. The molecule has 2 heteroatoms. The minimum Gasteiger partial charge on any atom is -0.339 e. The van der Waals surface area contributed by atoms with E-state index >= 15 is 0 Å². The van der Waals surface area contributed by atoms with Crippen LogP contribution in [0.25, 0.3) is 21.5 Å². The van der Waals surface area contributed by atoms with Crippen molar-refractivity contribution in [1.29, 1.82) is 0 Å². The van der Waals surface area contributed by atoms with Gasteiger partial charge in [-0.05, 0) is 91.1 Å². The van der Waals surface area contributed by atoms with Crippen molar-refractivity contribution in [1.82, 2.24) is 0 Å². The molecule has 0 aliphatic rings. The molecule has 41 heavy (non-hydrogen) atoms. The average Bonchev–Trinajstić information content (AvgIpc) is 3.02. The Morgan fingerprint density at radius 2 is 0.854 bits per heavy atom. The van der Waals surface area contributed by atoms with E-state index in [9.17, 15) is 0 Å². The third-order valence-corrected chi connectivity index (χ3v) is 8.22. The number of hydrogen-bond acceptors (Lipinski definition) is 2. The van der Waals surface area contributed by atoms with Crippen LogP contribution in [0.3, 0.4) is 0 Å². The summed E-state index contributed by atoms with van der Waals surface area (Å²) in [6.45, 7) is 9.13. The molecule has 1 atom stereocenters. The zero-order valence-corrected chi connectivity index (χ0v) is 24.5. The molecule has 204 valence electrons. The van der Waals surface area contributed by atoms with E-state index in [0.29, 0.717) is 12.0 Å². The Morgan fingerprint density at radius 3 is 1.34 bits per heavy atom. The smallest absolute Gasteiger partial charge is 0.0618 e. The van der Waals surface area contributed by atoms with Crippen molar-refractivity contribution >= 4 is 50.0 Å². The minimum atomic E-state index is 0.328. The van der Waals surface area contributed by atoms with Gasteiger partial charge in [-0.2, -0.15) is 0 Å². The molecule has 0 aromatic heterocycles. The van der Waals surface area contributed by atoms with Crippen LogP contribution >= 0.6 is 0 Å². The third-order valence-electron chi connectivity index (χ3n) is 8.22. The Hall–Kier alpha value is -4.56. The largest absolute Gasteiger partial charge is 0.339 e. The molecule has 0 aliphatic carbocycles. The highest BCUT2D eigenvalue weighted by atomic mass is 15.2. The summed E-state index contributed by atoms with van der Waals surface area (Å²) < 4.78 is 0. The molecule has 6 rings (SSSR count). The van der Waals surface area contributed by atoms with Crippen molar-refractivity contribution in [2.24, 2.45) is 0 Å². The fourth-order valence-corrected chi connectivity index (χ4v) is 6.20. The van der Waals surface area contributed by atoms with Gasteiger partial charge in [0, 0.05) is 39.6 Å².